The van der Waals surface area contributed by atoms with Crippen molar-refractivity contribution in [2.75, 3.05) is 13.2 Å². The zero-order chi connectivity index (χ0) is 15.5. The van der Waals surface area contributed by atoms with Crippen molar-refractivity contribution >= 4 is 44.6 Å². The van der Waals surface area contributed by atoms with E-state index in [2.05, 4.69) is 43.3 Å². The Morgan fingerprint density at radius 2 is 2.23 bits per heavy atom. The van der Waals surface area contributed by atoms with Gasteiger partial charge in [0.1, 0.15) is 0 Å². The maximum Gasteiger partial charge on any atom is 0.170 e. The second-order valence-corrected chi connectivity index (χ2v) is 7.92. The molecule has 0 bridgehead atoms. The first kappa shape index (κ1) is 15.9. The van der Waals surface area contributed by atoms with Crippen LogP contribution in [0, 0.1) is 0 Å². The molecule has 1 aliphatic heterocycles. The van der Waals surface area contributed by atoms with Gasteiger partial charge >= 0.3 is 0 Å². The molecule has 0 amide bonds. The molecule has 3 heterocycles. The maximum absolute atomic E-state index is 9.15. The van der Waals surface area contributed by atoms with E-state index < -0.39 is 0 Å². The van der Waals surface area contributed by atoms with Gasteiger partial charge in [0, 0.05) is 24.2 Å². The van der Waals surface area contributed by atoms with E-state index in [1.807, 2.05) is 18.2 Å². The highest BCUT2D eigenvalue weighted by Crippen LogP contribution is 2.42. The third kappa shape index (κ3) is 3.17. The molecule has 0 radical (unpaired) electrons. The second kappa shape index (κ2) is 7.04. The van der Waals surface area contributed by atoms with Crippen LogP contribution in [0.15, 0.2) is 40.3 Å². The number of aromatic nitrogens is 1. The van der Waals surface area contributed by atoms with E-state index >= 15 is 0 Å². The summed E-state index contributed by atoms with van der Waals surface area (Å²) in [6, 6.07) is 10.2. The monoisotopic (exact) mass is 397 g/mol. The molecular weight excluding hydrogens is 382 g/mol. The van der Waals surface area contributed by atoms with Crippen LogP contribution in [0.1, 0.15) is 29.1 Å². The molecule has 0 aromatic carbocycles. The SMILES string of the molecule is OCCCN1C(=S)N[C@H](c2ccccn2)[C@H]1c1ccc(Br)s1. The molecule has 0 aliphatic carbocycles. The lowest BCUT2D eigenvalue weighted by Crippen LogP contribution is -2.30. The fourth-order valence-corrected chi connectivity index (χ4v) is 4.59. The molecule has 2 aromatic heterocycles. The van der Waals surface area contributed by atoms with E-state index in [1.165, 1.54) is 4.88 Å². The average molecular weight is 398 g/mol. The summed E-state index contributed by atoms with van der Waals surface area (Å²) < 4.78 is 1.10. The Morgan fingerprint density at radius 1 is 1.36 bits per heavy atom. The predicted molar refractivity (Wildman–Crippen MR) is 95.9 cm³/mol. The number of halogens is 1. The van der Waals surface area contributed by atoms with Crippen molar-refractivity contribution in [2.45, 2.75) is 18.5 Å². The Labute approximate surface area is 147 Å². The molecule has 22 heavy (non-hydrogen) atoms. The summed E-state index contributed by atoms with van der Waals surface area (Å²) in [6.07, 6.45) is 2.50. The smallest absolute Gasteiger partial charge is 0.170 e. The molecule has 4 nitrogen and oxygen atoms in total. The van der Waals surface area contributed by atoms with E-state index in [4.69, 9.17) is 17.3 Å². The van der Waals surface area contributed by atoms with E-state index in [-0.39, 0.29) is 18.7 Å². The topological polar surface area (TPSA) is 48.4 Å². The molecule has 2 aromatic rings. The van der Waals surface area contributed by atoms with Crippen molar-refractivity contribution in [3.05, 3.63) is 50.9 Å². The minimum absolute atomic E-state index is 0.0259. The number of thiocarbonyl (C=S) groups is 1. The highest BCUT2D eigenvalue weighted by atomic mass is 79.9. The van der Waals surface area contributed by atoms with Crippen LogP contribution in [-0.2, 0) is 0 Å². The Morgan fingerprint density at radius 3 is 2.86 bits per heavy atom. The van der Waals surface area contributed by atoms with E-state index in [9.17, 15) is 0 Å². The lowest BCUT2D eigenvalue weighted by Gasteiger charge is -2.26. The first-order valence-corrected chi connectivity index (χ1v) is 9.06. The number of nitrogens with one attached hydrogen (secondary N) is 1. The first-order valence-electron chi connectivity index (χ1n) is 7.05. The number of nitrogens with zero attached hydrogens (tertiary/aromatic N) is 2. The van der Waals surface area contributed by atoms with Crippen LogP contribution in [-0.4, -0.2) is 33.3 Å². The summed E-state index contributed by atoms with van der Waals surface area (Å²) in [7, 11) is 0. The Balaban J connectivity index is 1.96. The molecule has 0 saturated carbocycles. The summed E-state index contributed by atoms with van der Waals surface area (Å²) in [4.78, 5) is 7.87. The van der Waals surface area contributed by atoms with Gasteiger partial charge in [0.2, 0.25) is 0 Å². The van der Waals surface area contributed by atoms with E-state index in [1.54, 1.807) is 17.5 Å². The Kier molecular flexibility index (Phi) is 5.07. The third-order valence-corrected chi connectivity index (χ3v) is 5.69. The van der Waals surface area contributed by atoms with Crippen LogP contribution in [0.5, 0.6) is 0 Å². The van der Waals surface area contributed by atoms with E-state index in [0.717, 1.165) is 21.1 Å². The van der Waals surface area contributed by atoms with Crippen LogP contribution < -0.4 is 5.32 Å². The number of aliphatic hydroxyl groups excluding tert-OH is 1. The van der Waals surface area contributed by atoms with E-state index in [0.29, 0.717) is 6.42 Å². The quantitative estimate of drug-likeness (QED) is 0.758. The molecule has 3 rings (SSSR count). The van der Waals surface area contributed by atoms with Crippen LogP contribution >= 0.6 is 39.5 Å². The van der Waals surface area contributed by atoms with Crippen molar-refractivity contribution in [3.8, 4) is 0 Å². The van der Waals surface area contributed by atoms with Gasteiger partial charge in [0.25, 0.3) is 0 Å². The van der Waals surface area contributed by atoms with Crippen molar-refractivity contribution in [1.82, 2.24) is 15.2 Å². The highest BCUT2D eigenvalue weighted by Gasteiger charge is 2.40. The summed E-state index contributed by atoms with van der Waals surface area (Å²) in [6.45, 7) is 0.889. The first-order chi connectivity index (χ1) is 10.7. The predicted octanol–water partition coefficient (Wildman–Crippen LogP) is 3.26. The summed E-state index contributed by atoms with van der Waals surface area (Å²) in [5.41, 5.74) is 0.978. The molecule has 2 N–H and O–H groups in total. The highest BCUT2D eigenvalue weighted by molar-refractivity contribution is 9.11. The van der Waals surface area contributed by atoms with Crippen LogP contribution in [0.2, 0.25) is 0 Å². The second-order valence-electron chi connectivity index (χ2n) is 5.04. The van der Waals surface area contributed by atoms with Gasteiger partial charge in [-0.3, -0.25) is 4.98 Å². The standard InChI is InChI=1S/C15H16BrN3OS2/c16-12-6-5-11(22-12)14-13(10-4-1-2-7-17-10)18-15(21)19(14)8-3-9-20/h1-2,4-7,13-14,20H,3,8-9H2,(H,18,21)/t13-,14-/m1/s1. The molecule has 0 spiro atoms. The molecular formula is C15H16BrN3OS2. The minimum atomic E-state index is 0.0259. The molecule has 116 valence electrons. The Bertz CT molecular complexity index is 649. The third-order valence-electron chi connectivity index (χ3n) is 3.64. The lowest BCUT2D eigenvalue weighted by molar-refractivity contribution is 0.249. The lowest BCUT2D eigenvalue weighted by atomic mass is 10.0. The number of hydrogen-bond acceptors (Lipinski definition) is 4. The fraction of sp³-hybridized carbons (Fsp3) is 0.333. The normalized spacial score (nSPS) is 21.2. The fourth-order valence-electron chi connectivity index (χ4n) is 2.68. The zero-order valence-electron chi connectivity index (χ0n) is 11.8. The number of aliphatic hydroxyl groups is 1. The largest absolute Gasteiger partial charge is 0.396 e. The van der Waals surface area contributed by atoms with Crippen molar-refractivity contribution < 1.29 is 5.11 Å². The van der Waals surface area contributed by atoms with Crippen molar-refractivity contribution in [2.24, 2.45) is 0 Å². The number of pyridine rings is 1. The van der Waals surface area contributed by atoms with Crippen LogP contribution in [0.3, 0.4) is 0 Å². The Hall–Kier alpha value is -1.02. The van der Waals surface area contributed by atoms with Gasteiger partial charge in [-0.05, 0) is 58.8 Å². The van der Waals surface area contributed by atoms with Crippen LogP contribution in [0.25, 0.3) is 0 Å². The van der Waals surface area contributed by atoms with Gasteiger partial charge in [-0.1, -0.05) is 6.07 Å². The van der Waals surface area contributed by atoms with Gasteiger partial charge in [-0.15, -0.1) is 11.3 Å². The molecule has 1 saturated heterocycles. The molecule has 1 aliphatic rings. The molecule has 0 unspecified atom stereocenters. The van der Waals surface area contributed by atoms with Crippen molar-refractivity contribution in [1.29, 1.82) is 0 Å². The van der Waals surface area contributed by atoms with Gasteiger partial charge in [-0.2, -0.15) is 0 Å². The summed E-state index contributed by atoms with van der Waals surface area (Å²) in [5.74, 6) is 0. The summed E-state index contributed by atoms with van der Waals surface area (Å²) >= 11 is 10.8. The van der Waals surface area contributed by atoms with Crippen molar-refractivity contribution in [3.63, 3.8) is 0 Å². The maximum atomic E-state index is 9.15. The molecule has 2 atom stereocenters. The average Bonchev–Trinajstić information content (AvgIpc) is 3.09. The number of hydrogen-bond donors (Lipinski definition) is 2. The van der Waals surface area contributed by atoms with Gasteiger partial charge in [0.05, 0.1) is 21.6 Å². The van der Waals surface area contributed by atoms with Gasteiger partial charge in [-0.25, -0.2) is 0 Å². The number of thiophene rings is 1. The molecule has 7 heteroatoms. The van der Waals surface area contributed by atoms with Gasteiger partial charge < -0.3 is 15.3 Å². The van der Waals surface area contributed by atoms with Crippen LogP contribution in [0.4, 0.5) is 0 Å². The zero-order valence-corrected chi connectivity index (χ0v) is 15.0. The summed E-state index contributed by atoms with van der Waals surface area (Å²) in [5, 5.41) is 13.3. The molecule has 1 fully saturated rings. The minimum Gasteiger partial charge on any atom is -0.396 e. The van der Waals surface area contributed by atoms with Gasteiger partial charge in [0.15, 0.2) is 5.11 Å². The number of rotatable bonds is 5.